The minimum absolute atomic E-state index is 0.129. The van der Waals surface area contributed by atoms with E-state index < -0.39 is 10.1 Å². The van der Waals surface area contributed by atoms with E-state index in [1.165, 1.54) is 16.7 Å². The molecule has 5 rings (SSSR count). The van der Waals surface area contributed by atoms with Crippen LogP contribution in [0.25, 0.3) is 0 Å². The van der Waals surface area contributed by atoms with E-state index in [0.717, 1.165) is 49.7 Å². The molecule has 1 saturated carbocycles. The highest BCUT2D eigenvalue weighted by atomic mass is 32.2. The number of ether oxygens (including phenoxy) is 1. The average molecular weight is 470 g/mol. The third kappa shape index (κ3) is 4.28. The maximum absolute atomic E-state index is 12.7. The van der Waals surface area contributed by atoms with Crippen LogP contribution in [-0.2, 0) is 31.9 Å². The number of carbonyl (C=O) groups is 1. The Morgan fingerprint density at radius 1 is 1.12 bits per heavy atom. The van der Waals surface area contributed by atoms with Gasteiger partial charge in [0.2, 0.25) is 0 Å². The summed E-state index contributed by atoms with van der Waals surface area (Å²) < 4.78 is 35.7. The molecule has 3 aliphatic rings. The van der Waals surface area contributed by atoms with Crippen LogP contribution in [0.4, 0.5) is 4.79 Å². The van der Waals surface area contributed by atoms with Gasteiger partial charge in [-0.05, 0) is 92.5 Å². The molecule has 7 heteroatoms. The molecule has 3 atom stereocenters. The summed E-state index contributed by atoms with van der Waals surface area (Å²) >= 11 is 0. The number of fused-ring (bicyclic) bond motifs is 1. The molecule has 0 bridgehead atoms. The van der Waals surface area contributed by atoms with Crippen LogP contribution < -0.4 is 5.32 Å². The number of aryl methyl sites for hydroxylation is 2. The molecule has 0 radical (unpaired) electrons. The predicted octanol–water partition coefficient (Wildman–Crippen LogP) is 4.74. The van der Waals surface area contributed by atoms with Crippen LogP contribution in [0.2, 0.25) is 0 Å². The molecule has 2 aromatic carbocycles. The van der Waals surface area contributed by atoms with E-state index in [0.29, 0.717) is 17.4 Å². The Labute approximate surface area is 195 Å². The van der Waals surface area contributed by atoms with Crippen molar-refractivity contribution in [3.8, 4) is 0 Å². The van der Waals surface area contributed by atoms with Crippen molar-refractivity contribution in [2.75, 3.05) is 13.2 Å². The summed E-state index contributed by atoms with van der Waals surface area (Å²) in [5, 5.41) is 3.03. The van der Waals surface area contributed by atoms with Gasteiger partial charge < -0.3 is 10.1 Å². The topological polar surface area (TPSA) is 81.7 Å². The molecule has 176 valence electrons. The molecular weight excluding hydrogens is 438 g/mol. The lowest BCUT2D eigenvalue weighted by atomic mass is 9.78. The van der Waals surface area contributed by atoms with Crippen molar-refractivity contribution in [2.24, 2.45) is 0 Å². The van der Waals surface area contributed by atoms with E-state index in [2.05, 4.69) is 23.5 Å². The zero-order chi connectivity index (χ0) is 23.2. The molecule has 2 aliphatic carbocycles. The quantitative estimate of drug-likeness (QED) is 0.640. The van der Waals surface area contributed by atoms with Crippen LogP contribution in [0, 0.1) is 6.92 Å². The fourth-order valence-corrected chi connectivity index (χ4v) is 7.06. The number of carbonyl (C=O) groups excluding carboxylic acids is 1. The average Bonchev–Trinajstić information content (AvgIpc) is 3.38. The number of hydrogen-bond acceptors (Lipinski definition) is 5. The standard InChI is InChI=1S/C26H31NO5S/c1-3-32-33(29,30)24-9-4-17(2)12-23(24)21-8-7-18-13-20(6-5-19(18)14-21)22-10-11-26(15-22)16-31-25(28)27-26/h4-6,9,12-13,21-22H,3,7-8,10-11,14-16H2,1-2H3,(H,27,28)/t21?,22-,26+/m0/s1. The Kier molecular flexibility index (Phi) is 5.73. The Morgan fingerprint density at radius 3 is 2.73 bits per heavy atom. The molecule has 0 aromatic heterocycles. The highest BCUT2D eigenvalue weighted by Crippen LogP contribution is 2.44. The van der Waals surface area contributed by atoms with Gasteiger partial charge >= 0.3 is 6.09 Å². The predicted molar refractivity (Wildman–Crippen MR) is 125 cm³/mol. The molecule has 2 aromatic rings. The molecule has 1 N–H and O–H groups in total. The zero-order valence-corrected chi connectivity index (χ0v) is 20.0. The van der Waals surface area contributed by atoms with Crippen LogP contribution >= 0.6 is 0 Å². The van der Waals surface area contributed by atoms with Crippen molar-refractivity contribution in [1.82, 2.24) is 5.32 Å². The van der Waals surface area contributed by atoms with Gasteiger partial charge in [-0.2, -0.15) is 8.42 Å². The minimum atomic E-state index is -3.76. The molecular formula is C26H31NO5S. The molecule has 1 amide bonds. The van der Waals surface area contributed by atoms with Gasteiger partial charge in [-0.15, -0.1) is 0 Å². The largest absolute Gasteiger partial charge is 0.447 e. The lowest BCUT2D eigenvalue weighted by Gasteiger charge is -2.28. The fourth-order valence-electron chi connectivity index (χ4n) is 5.88. The fraction of sp³-hybridized carbons (Fsp3) is 0.500. The summed E-state index contributed by atoms with van der Waals surface area (Å²) in [5.74, 6) is 0.573. The number of benzene rings is 2. The summed E-state index contributed by atoms with van der Waals surface area (Å²) in [6.45, 7) is 4.29. The van der Waals surface area contributed by atoms with E-state index in [9.17, 15) is 13.2 Å². The Hall–Kier alpha value is -2.38. The molecule has 2 fully saturated rings. The number of amides is 1. The summed E-state index contributed by atoms with van der Waals surface area (Å²) in [7, 11) is -3.76. The van der Waals surface area contributed by atoms with Crippen molar-refractivity contribution >= 4 is 16.2 Å². The first-order chi connectivity index (χ1) is 15.8. The van der Waals surface area contributed by atoms with E-state index >= 15 is 0 Å². The summed E-state index contributed by atoms with van der Waals surface area (Å²) in [6.07, 6.45) is 5.28. The molecule has 1 saturated heterocycles. The van der Waals surface area contributed by atoms with E-state index in [4.69, 9.17) is 8.92 Å². The molecule has 33 heavy (non-hydrogen) atoms. The first-order valence-electron chi connectivity index (χ1n) is 11.9. The molecule has 1 heterocycles. The van der Waals surface area contributed by atoms with Gasteiger partial charge in [0.05, 0.1) is 17.0 Å². The van der Waals surface area contributed by atoms with Gasteiger partial charge in [0, 0.05) is 0 Å². The smallest absolute Gasteiger partial charge is 0.407 e. The van der Waals surface area contributed by atoms with Gasteiger partial charge in [0.25, 0.3) is 10.1 Å². The third-order valence-electron chi connectivity index (χ3n) is 7.53. The van der Waals surface area contributed by atoms with E-state index in [1.54, 1.807) is 13.0 Å². The van der Waals surface area contributed by atoms with E-state index in [1.807, 2.05) is 19.1 Å². The van der Waals surface area contributed by atoms with Crippen LogP contribution in [-0.4, -0.2) is 33.3 Å². The van der Waals surface area contributed by atoms with Gasteiger partial charge in [0.15, 0.2) is 0 Å². The maximum Gasteiger partial charge on any atom is 0.407 e. The van der Waals surface area contributed by atoms with Crippen molar-refractivity contribution in [1.29, 1.82) is 0 Å². The van der Waals surface area contributed by atoms with Crippen LogP contribution in [0.3, 0.4) is 0 Å². The van der Waals surface area contributed by atoms with Crippen LogP contribution in [0.5, 0.6) is 0 Å². The lowest BCUT2D eigenvalue weighted by molar-refractivity contribution is 0.172. The Bertz CT molecular complexity index is 1190. The van der Waals surface area contributed by atoms with Gasteiger partial charge in [0.1, 0.15) is 6.61 Å². The maximum atomic E-state index is 12.7. The third-order valence-corrected chi connectivity index (χ3v) is 8.99. The van der Waals surface area contributed by atoms with Crippen LogP contribution in [0.1, 0.15) is 72.3 Å². The lowest BCUT2D eigenvalue weighted by Crippen LogP contribution is -2.40. The zero-order valence-electron chi connectivity index (χ0n) is 19.2. The number of alkyl carbamates (subject to hydrolysis) is 1. The second-order valence-electron chi connectivity index (χ2n) is 9.79. The molecule has 1 aliphatic heterocycles. The Morgan fingerprint density at radius 2 is 1.97 bits per heavy atom. The van der Waals surface area contributed by atoms with Gasteiger partial charge in [-0.3, -0.25) is 4.18 Å². The van der Waals surface area contributed by atoms with Crippen molar-refractivity contribution in [3.05, 3.63) is 64.2 Å². The van der Waals surface area contributed by atoms with Gasteiger partial charge in [-0.25, -0.2) is 4.79 Å². The minimum Gasteiger partial charge on any atom is -0.447 e. The summed E-state index contributed by atoms with van der Waals surface area (Å²) in [5.41, 5.74) is 5.71. The van der Waals surface area contributed by atoms with Crippen molar-refractivity contribution in [3.63, 3.8) is 0 Å². The van der Waals surface area contributed by atoms with Crippen LogP contribution in [0.15, 0.2) is 41.3 Å². The summed E-state index contributed by atoms with van der Waals surface area (Å²) in [6, 6.07) is 12.3. The second kappa shape index (κ2) is 8.44. The number of rotatable bonds is 5. The van der Waals surface area contributed by atoms with E-state index in [-0.39, 0.29) is 24.2 Å². The molecule has 1 spiro atoms. The summed E-state index contributed by atoms with van der Waals surface area (Å²) in [4.78, 5) is 11.9. The molecule has 1 unspecified atom stereocenters. The highest BCUT2D eigenvalue weighted by Gasteiger charge is 2.46. The monoisotopic (exact) mass is 469 g/mol. The van der Waals surface area contributed by atoms with Crippen molar-refractivity contribution < 1.29 is 22.1 Å². The number of cyclic esters (lactones) is 1. The normalized spacial score (nSPS) is 26.8. The number of nitrogens with one attached hydrogen (secondary N) is 1. The van der Waals surface area contributed by atoms with Crippen molar-refractivity contribution in [2.45, 2.75) is 74.6 Å². The first-order valence-corrected chi connectivity index (χ1v) is 13.3. The molecule has 6 nitrogen and oxygen atoms in total. The SMILES string of the molecule is CCOS(=O)(=O)c1ccc(C)cc1C1CCc2cc([C@H]3CC[C@]4(COC(=O)N4)C3)ccc2C1. The van der Waals surface area contributed by atoms with Gasteiger partial charge in [-0.1, -0.05) is 35.9 Å². The Balaban J connectivity index is 1.37. The highest BCUT2D eigenvalue weighted by molar-refractivity contribution is 7.86. The number of hydrogen-bond donors (Lipinski definition) is 1. The first kappa shape index (κ1) is 22.4. The second-order valence-corrected chi connectivity index (χ2v) is 11.4.